The number of Topliss-reactive ketones (excluding diaryl/α,β-unsaturated/α-hetero) is 1. The van der Waals surface area contributed by atoms with Crippen LogP contribution in [-0.4, -0.2) is 43.3 Å². The van der Waals surface area contributed by atoms with Gasteiger partial charge in [-0.05, 0) is 44.2 Å². The first-order chi connectivity index (χ1) is 12.3. The van der Waals surface area contributed by atoms with Crippen LogP contribution >= 0.6 is 0 Å². The van der Waals surface area contributed by atoms with Gasteiger partial charge in [0.15, 0.2) is 6.61 Å². The van der Waals surface area contributed by atoms with Gasteiger partial charge in [-0.2, -0.15) is 8.78 Å². The normalized spacial score (nSPS) is 10.8. The van der Waals surface area contributed by atoms with Crippen LogP contribution in [-0.2, 0) is 14.3 Å². The van der Waals surface area contributed by atoms with E-state index in [1.807, 2.05) is 6.92 Å². The fourth-order valence-corrected chi connectivity index (χ4v) is 2.60. The van der Waals surface area contributed by atoms with Crippen molar-refractivity contribution in [3.05, 3.63) is 47.3 Å². The van der Waals surface area contributed by atoms with Crippen molar-refractivity contribution in [3.63, 3.8) is 0 Å². The van der Waals surface area contributed by atoms with Gasteiger partial charge in [-0.3, -0.25) is 4.79 Å². The number of aromatic nitrogens is 1. The molecule has 1 heterocycles. The zero-order valence-corrected chi connectivity index (χ0v) is 14.6. The van der Waals surface area contributed by atoms with Gasteiger partial charge in [0.2, 0.25) is 5.78 Å². The van der Waals surface area contributed by atoms with Crippen molar-refractivity contribution in [2.75, 3.05) is 20.3 Å². The highest BCUT2D eigenvalue weighted by atomic mass is 19.3. The highest BCUT2D eigenvalue weighted by molar-refractivity contribution is 5.99. The van der Waals surface area contributed by atoms with Gasteiger partial charge in [0.25, 0.3) is 0 Å². The zero-order chi connectivity index (χ0) is 19.3. The molecule has 0 fully saturated rings. The van der Waals surface area contributed by atoms with E-state index in [0.717, 1.165) is 5.69 Å². The molecule has 0 amide bonds. The van der Waals surface area contributed by atoms with Crippen molar-refractivity contribution in [2.45, 2.75) is 20.5 Å². The molecule has 0 aliphatic heterocycles. The number of halogens is 2. The number of carbonyl (C=O) groups is 2. The van der Waals surface area contributed by atoms with E-state index < -0.39 is 12.6 Å². The summed E-state index contributed by atoms with van der Waals surface area (Å²) in [4.78, 5) is 23.6. The molecule has 2 rings (SSSR count). The lowest BCUT2D eigenvalue weighted by Crippen LogP contribution is -2.17. The molecule has 6 nitrogen and oxygen atoms in total. The maximum atomic E-state index is 12.3. The van der Waals surface area contributed by atoms with E-state index in [2.05, 4.69) is 9.47 Å². The van der Waals surface area contributed by atoms with E-state index in [9.17, 15) is 18.4 Å². The number of rotatable bonds is 8. The van der Waals surface area contributed by atoms with Gasteiger partial charge in [0.05, 0.1) is 0 Å². The van der Waals surface area contributed by atoms with Gasteiger partial charge >= 0.3 is 12.6 Å². The molecule has 0 saturated carbocycles. The molecule has 0 unspecified atom stereocenters. The Morgan fingerprint density at radius 2 is 1.77 bits per heavy atom. The average Bonchev–Trinajstić information content (AvgIpc) is 2.88. The first-order valence-electron chi connectivity index (χ1n) is 7.75. The number of aryl methyl sites for hydroxylation is 1. The van der Waals surface area contributed by atoms with Crippen molar-refractivity contribution >= 4 is 11.8 Å². The molecule has 8 heteroatoms. The van der Waals surface area contributed by atoms with Gasteiger partial charge in [0.1, 0.15) is 12.4 Å². The third-order valence-corrected chi connectivity index (χ3v) is 3.68. The Morgan fingerprint density at radius 1 is 1.12 bits per heavy atom. The lowest BCUT2D eigenvalue weighted by Gasteiger charge is -2.11. The Hall–Kier alpha value is -2.74. The van der Waals surface area contributed by atoms with Crippen molar-refractivity contribution in [1.29, 1.82) is 0 Å². The highest BCUT2D eigenvalue weighted by Crippen LogP contribution is 2.24. The Kier molecular flexibility index (Phi) is 6.46. The van der Waals surface area contributed by atoms with Crippen LogP contribution < -0.4 is 4.74 Å². The number of alkyl halides is 2. The molecular formula is C18H19F2NO5. The Morgan fingerprint density at radius 3 is 2.35 bits per heavy atom. The predicted octanol–water partition coefficient (Wildman–Crippen LogP) is 3.07. The van der Waals surface area contributed by atoms with E-state index in [1.165, 1.54) is 19.2 Å². The summed E-state index contributed by atoms with van der Waals surface area (Å²) in [5, 5.41) is 0. The summed E-state index contributed by atoms with van der Waals surface area (Å²) in [5.41, 5.74) is 2.53. The smallest absolute Gasteiger partial charge is 0.387 e. The predicted molar refractivity (Wildman–Crippen MR) is 89.0 cm³/mol. The molecular weight excluding hydrogens is 348 g/mol. The minimum absolute atomic E-state index is 0.0487. The van der Waals surface area contributed by atoms with Crippen LogP contribution in [0.2, 0.25) is 0 Å². The standard InChI is InChI=1S/C18H19F2NO5/c1-11-8-15(16(22)9-25-17(23)10-24-3)12(2)21(11)13-4-6-14(7-5-13)26-18(19)20/h4-8,18H,9-10H2,1-3H3. The summed E-state index contributed by atoms with van der Waals surface area (Å²) in [6.45, 7) is 0.0684. The lowest BCUT2D eigenvalue weighted by molar-refractivity contribution is -0.146. The quantitative estimate of drug-likeness (QED) is 0.530. The number of methoxy groups -OCH3 is 1. The Balaban J connectivity index is 2.19. The van der Waals surface area contributed by atoms with Crippen molar-refractivity contribution in [3.8, 4) is 11.4 Å². The lowest BCUT2D eigenvalue weighted by atomic mass is 10.1. The zero-order valence-electron chi connectivity index (χ0n) is 14.6. The SMILES string of the molecule is COCC(=O)OCC(=O)c1cc(C)n(-c2ccc(OC(F)F)cc2)c1C. The van der Waals surface area contributed by atoms with E-state index in [-0.39, 0.29) is 24.7 Å². The molecule has 1 aromatic carbocycles. The minimum atomic E-state index is -2.89. The maximum Gasteiger partial charge on any atom is 0.387 e. The second kappa shape index (κ2) is 8.57. The fourth-order valence-electron chi connectivity index (χ4n) is 2.60. The van der Waals surface area contributed by atoms with Gasteiger partial charge in [-0.25, -0.2) is 4.79 Å². The van der Waals surface area contributed by atoms with Gasteiger partial charge in [-0.1, -0.05) is 0 Å². The van der Waals surface area contributed by atoms with Crippen LogP contribution in [0.1, 0.15) is 21.7 Å². The largest absolute Gasteiger partial charge is 0.456 e. The molecule has 0 radical (unpaired) electrons. The maximum absolute atomic E-state index is 12.3. The summed E-state index contributed by atoms with van der Waals surface area (Å²) >= 11 is 0. The third kappa shape index (κ3) is 4.66. The van der Waals surface area contributed by atoms with E-state index >= 15 is 0 Å². The molecule has 2 aromatic rings. The minimum Gasteiger partial charge on any atom is -0.456 e. The van der Waals surface area contributed by atoms with Gasteiger partial charge in [-0.15, -0.1) is 0 Å². The second-order valence-electron chi connectivity index (χ2n) is 5.51. The molecule has 0 bridgehead atoms. The number of hydrogen-bond acceptors (Lipinski definition) is 5. The van der Waals surface area contributed by atoms with E-state index in [0.29, 0.717) is 16.9 Å². The van der Waals surface area contributed by atoms with Crippen LogP contribution in [0.5, 0.6) is 5.75 Å². The highest BCUT2D eigenvalue weighted by Gasteiger charge is 2.18. The summed E-state index contributed by atoms with van der Waals surface area (Å²) in [6.07, 6.45) is 0. The van der Waals surface area contributed by atoms with Crippen LogP contribution in [0.15, 0.2) is 30.3 Å². The van der Waals surface area contributed by atoms with Crippen molar-refractivity contribution in [2.24, 2.45) is 0 Å². The van der Waals surface area contributed by atoms with Gasteiger partial charge in [0, 0.05) is 29.7 Å². The summed E-state index contributed by atoms with van der Waals surface area (Å²) < 4.78 is 40.1. The average molecular weight is 367 g/mol. The third-order valence-electron chi connectivity index (χ3n) is 3.68. The molecule has 0 aliphatic carbocycles. The van der Waals surface area contributed by atoms with E-state index in [4.69, 9.17) is 4.74 Å². The van der Waals surface area contributed by atoms with E-state index in [1.54, 1.807) is 29.7 Å². The van der Waals surface area contributed by atoms with Crippen LogP contribution in [0.25, 0.3) is 5.69 Å². The molecule has 0 spiro atoms. The molecule has 1 aromatic heterocycles. The second-order valence-corrected chi connectivity index (χ2v) is 5.51. The number of benzene rings is 1. The monoisotopic (exact) mass is 367 g/mol. The van der Waals surface area contributed by atoms with Crippen molar-refractivity contribution in [1.82, 2.24) is 4.57 Å². The number of hydrogen-bond donors (Lipinski definition) is 0. The first kappa shape index (κ1) is 19.6. The Bertz CT molecular complexity index is 784. The molecule has 26 heavy (non-hydrogen) atoms. The number of ether oxygens (including phenoxy) is 3. The van der Waals surface area contributed by atoms with Crippen LogP contribution in [0, 0.1) is 13.8 Å². The van der Waals surface area contributed by atoms with Crippen LogP contribution in [0.4, 0.5) is 8.78 Å². The topological polar surface area (TPSA) is 66.8 Å². The number of nitrogens with zero attached hydrogens (tertiary/aromatic N) is 1. The molecule has 140 valence electrons. The Labute approximate surface area is 149 Å². The van der Waals surface area contributed by atoms with Crippen molar-refractivity contribution < 1.29 is 32.6 Å². The summed E-state index contributed by atoms with van der Waals surface area (Å²) in [5.74, 6) is -0.914. The molecule has 0 atom stereocenters. The fraction of sp³-hybridized carbons (Fsp3) is 0.333. The number of carbonyl (C=O) groups excluding carboxylic acids is 2. The molecule has 0 aliphatic rings. The molecule has 0 N–H and O–H groups in total. The first-order valence-corrected chi connectivity index (χ1v) is 7.75. The molecule has 0 saturated heterocycles. The van der Waals surface area contributed by atoms with Crippen LogP contribution in [0.3, 0.4) is 0 Å². The number of esters is 1. The number of ketones is 1. The van der Waals surface area contributed by atoms with Gasteiger partial charge < -0.3 is 18.8 Å². The summed E-state index contributed by atoms with van der Waals surface area (Å²) in [7, 11) is 1.36. The summed E-state index contributed by atoms with van der Waals surface area (Å²) in [6, 6.07) is 7.77.